The minimum atomic E-state index is -5.55. The molecular formula is C20H20F6N4O3S. The first-order chi connectivity index (χ1) is 15.6. The molecule has 3 N–H and O–H groups in total. The number of hydrogen-bond acceptors (Lipinski definition) is 5. The second kappa shape index (κ2) is 10.3. The van der Waals surface area contributed by atoms with Crippen LogP contribution < -0.4 is 15.4 Å². The van der Waals surface area contributed by atoms with Crippen LogP contribution in [0.2, 0.25) is 0 Å². The molecule has 14 heteroatoms. The van der Waals surface area contributed by atoms with Gasteiger partial charge in [-0.15, -0.1) is 0 Å². The van der Waals surface area contributed by atoms with Crippen LogP contribution in [0.4, 0.5) is 37.8 Å². The van der Waals surface area contributed by atoms with Gasteiger partial charge in [0, 0.05) is 29.9 Å². The van der Waals surface area contributed by atoms with E-state index in [1.165, 1.54) is 29.0 Å². The van der Waals surface area contributed by atoms with Crippen LogP contribution in [0.3, 0.4) is 0 Å². The lowest BCUT2D eigenvalue weighted by Gasteiger charge is -2.14. The number of aromatic nitrogens is 1. The SMILES string of the molecule is CC(C)Nc1nc(C(F)(F)F)ccc1C=CC(=O)NCc1ccc(NS(=O)(=O)C(F)(F)F)cc1. The quantitative estimate of drug-likeness (QED) is 0.359. The molecule has 0 saturated heterocycles. The lowest BCUT2D eigenvalue weighted by atomic mass is 10.2. The lowest BCUT2D eigenvalue weighted by Crippen LogP contribution is -2.29. The Hall–Kier alpha value is -3.29. The molecule has 186 valence electrons. The summed E-state index contributed by atoms with van der Waals surface area (Å²) < 4.78 is 99.5. The molecule has 0 unspecified atom stereocenters. The molecule has 0 aliphatic rings. The first-order valence-electron chi connectivity index (χ1n) is 9.57. The topological polar surface area (TPSA) is 100 Å². The summed E-state index contributed by atoms with van der Waals surface area (Å²) in [6.45, 7) is 3.38. The zero-order valence-electron chi connectivity index (χ0n) is 17.8. The average Bonchev–Trinajstić information content (AvgIpc) is 2.70. The molecule has 0 radical (unpaired) electrons. The molecule has 0 aliphatic carbocycles. The second-order valence-corrected chi connectivity index (χ2v) is 8.90. The molecule has 0 aliphatic heterocycles. The van der Waals surface area contributed by atoms with E-state index in [0.29, 0.717) is 5.56 Å². The molecule has 0 atom stereocenters. The molecule has 1 aromatic heterocycles. The highest BCUT2D eigenvalue weighted by Gasteiger charge is 2.46. The summed E-state index contributed by atoms with van der Waals surface area (Å²) in [6.07, 6.45) is -2.27. The predicted molar refractivity (Wildman–Crippen MR) is 114 cm³/mol. The number of halogens is 6. The van der Waals surface area contributed by atoms with Crippen molar-refractivity contribution in [3.05, 3.63) is 59.3 Å². The van der Waals surface area contributed by atoms with E-state index in [0.717, 1.165) is 24.3 Å². The molecule has 0 fully saturated rings. The van der Waals surface area contributed by atoms with E-state index in [9.17, 15) is 39.6 Å². The van der Waals surface area contributed by atoms with Gasteiger partial charge < -0.3 is 10.6 Å². The molecule has 0 spiro atoms. The molecule has 34 heavy (non-hydrogen) atoms. The van der Waals surface area contributed by atoms with Crippen LogP contribution in [-0.2, 0) is 27.5 Å². The largest absolute Gasteiger partial charge is 0.516 e. The number of anilines is 2. The van der Waals surface area contributed by atoms with E-state index in [-0.39, 0.29) is 29.7 Å². The van der Waals surface area contributed by atoms with Crippen LogP contribution in [0.25, 0.3) is 6.08 Å². The van der Waals surface area contributed by atoms with E-state index in [4.69, 9.17) is 0 Å². The van der Waals surface area contributed by atoms with Crippen LogP contribution in [0, 0.1) is 0 Å². The summed E-state index contributed by atoms with van der Waals surface area (Å²) in [5.74, 6) is -0.650. The Morgan fingerprint density at radius 3 is 2.18 bits per heavy atom. The lowest BCUT2D eigenvalue weighted by molar-refractivity contribution is -0.141. The Labute approximate surface area is 191 Å². The van der Waals surface area contributed by atoms with Gasteiger partial charge in [0.15, 0.2) is 0 Å². The number of rotatable bonds is 8. The third kappa shape index (κ3) is 7.64. The van der Waals surface area contributed by atoms with Crippen LogP contribution in [0.15, 0.2) is 42.5 Å². The number of alkyl halides is 6. The number of carbonyl (C=O) groups excluding carboxylic acids is 1. The van der Waals surface area contributed by atoms with Crippen molar-refractivity contribution in [2.75, 3.05) is 10.0 Å². The Bertz CT molecular complexity index is 1140. The molecule has 1 aromatic carbocycles. The smallest absolute Gasteiger partial charge is 0.367 e. The van der Waals surface area contributed by atoms with Gasteiger partial charge in [-0.3, -0.25) is 9.52 Å². The van der Waals surface area contributed by atoms with Crippen LogP contribution >= 0.6 is 0 Å². The maximum absolute atomic E-state index is 12.9. The van der Waals surface area contributed by atoms with Gasteiger partial charge in [0.2, 0.25) is 5.91 Å². The summed E-state index contributed by atoms with van der Waals surface area (Å²) in [5, 5.41) is 5.28. The van der Waals surface area contributed by atoms with Gasteiger partial charge >= 0.3 is 21.7 Å². The number of carbonyl (C=O) groups is 1. The van der Waals surface area contributed by atoms with Crippen molar-refractivity contribution in [1.29, 1.82) is 0 Å². The Kier molecular flexibility index (Phi) is 8.18. The molecular weight excluding hydrogens is 490 g/mol. The van der Waals surface area contributed by atoms with Crippen LogP contribution in [0.1, 0.15) is 30.7 Å². The highest BCUT2D eigenvalue weighted by Crippen LogP contribution is 2.30. The van der Waals surface area contributed by atoms with Crippen molar-refractivity contribution >= 4 is 33.5 Å². The Morgan fingerprint density at radius 2 is 1.65 bits per heavy atom. The number of sulfonamides is 1. The van der Waals surface area contributed by atoms with Gasteiger partial charge in [-0.05, 0) is 49.8 Å². The maximum Gasteiger partial charge on any atom is 0.516 e. The number of nitrogens with one attached hydrogen (secondary N) is 3. The summed E-state index contributed by atoms with van der Waals surface area (Å²) in [6, 6.07) is 6.55. The van der Waals surface area contributed by atoms with Crippen molar-refractivity contribution in [3.63, 3.8) is 0 Å². The van der Waals surface area contributed by atoms with Gasteiger partial charge in [-0.2, -0.15) is 34.8 Å². The van der Waals surface area contributed by atoms with E-state index in [1.807, 2.05) is 0 Å². The number of hydrogen-bond donors (Lipinski definition) is 3. The number of amides is 1. The van der Waals surface area contributed by atoms with Crippen molar-refractivity contribution in [2.24, 2.45) is 0 Å². The van der Waals surface area contributed by atoms with Gasteiger partial charge in [0.1, 0.15) is 11.5 Å². The summed E-state index contributed by atoms with van der Waals surface area (Å²) in [7, 11) is -5.55. The summed E-state index contributed by atoms with van der Waals surface area (Å²) in [5.41, 5.74) is -6.15. The normalized spacial score (nSPS) is 12.7. The number of benzene rings is 1. The van der Waals surface area contributed by atoms with Crippen LogP contribution in [-0.4, -0.2) is 30.9 Å². The summed E-state index contributed by atoms with van der Waals surface area (Å²) in [4.78, 5) is 15.6. The first kappa shape index (κ1) is 27.0. The van der Waals surface area contributed by atoms with Gasteiger partial charge in [0.05, 0.1) is 0 Å². The molecule has 2 aromatic rings. The molecule has 1 heterocycles. The fourth-order valence-electron chi connectivity index (χ4n) is 2.47. The molecule has 0 bridgehead atoms. The van der Waals surface area contributed by atoms with Crippen LogP contribution in [0.5, 0.6) is 0 Å². The van der Waals surface area contributed by atoms with E-state index in [2.05, 4.69) is 15.6 Å². The zero-order chi connectivity index (χ0) is 25.7. The van der Waals surface area contributed by atoms with Crippen molar-refractivity contribution in [2.45, 2.75) is 38.1 Å². The zero-order valence-corrected chi connectivity index (χ0v) is 18.6. The number of pyridine rings is 1. The Morgan fingerprint density at radius 1 is 1.03 bits per heavy atom. The standard InChI is InChI=1S/C20H20F6N4O3S/c1-12(2)28-18-14(5-9-16(29-18)19(21,22)23)6-10-17(31)27-11-13-3-7-15(8-4-13)30-34(32,33)20(24,25)26/h3-10,12,30H,11H2,1-2H3,(H,27,31)(H,28,29). The van der Waals surface area contributed by atoms with Gasteiger partial charge in [-0.25, -0.2) is 4.98 Å². The minimum Gasteiger partial charge on any atom is -0.367 e. The van der Waals surface area contributed by atoms with E-state index in [1.54, 1.807) is 13.8 Å². The van der Waals surface area contributed by atoms with Crippen molar-refractivity contribution in [1.82, 2.24) is 10.3 Å². The van der Waals surface area contributed by atoms with E-state index >= 15 is 0 Å². The highest BCUT2D eigenvalue weighted by molar-refractivity contribution is 7.93. The van der Waals surface area contributed by atoms with Gasteiger partial charge in [0.25, 0.3) is 0 Å². The molecule has 1 amide bonds. The molecule has 0 saturated carbocycles. The minimum absolute atomic E-state index is 0.0438. The van der Waals surface area contributed by atoms with E-state index < -0.39 is 33.3 Å². The average molecular weight is 510 g/mol. The Balaban J connectivity index is 2.03. The molecule has 7 nitrogen and oxygen atoms in total. The second-order valence-electron chi connectivity index (χ2n) is 7.23. The van der Waals surface area contributed by atoms with Crippen molar-refractivity contribution in [3.8, 4) is 0 Å². The summed E-state index contributed by atoms with van der Waals surface area (Å²) >= 11 is 0. The monoisotopic (exact) mass is 510 g/mol. The van der Waals surface area contributed by atoms with Gasteiger partial charge in [-0.1, -0.05) is 12.1 Å². The fraction of sp³-hybridized carbons (Fsp3) is 0.300. The predicted octanol–water partition coefficient (Wildman–Crippen LogP) is 4.51. The maximum atomic E-state index is 12.9. The third-order valence-electron chi connectivity index (χ3n) is 4.03. The first-order valence-corrected chi connectivity index (χ1v) is 11.1. The third-order valence-corrected chi connectivity index (χ3v) is 5.15. The number of nitrogens with zero attached hydrogens (tertiary/aromatic N) is 1. The highest BCUT2D eigenvalue weighted by atomic mass is 32.2. The molecule has 2 rings (SSSR count). The van der Waals surface area contributed by atoms with Crippen molar-refractivity contribution < 1.29 is 39.6 Å². The fourth-order valence-corrected chi connectivity index (χ4v) is 3.03.